The first-order chi connectivity index (χ1) is 15.5. The van der Waals surface area contributed by atoms with E-state index in [1.54, 1.807) is 42.0 Å². The van der Waals surface area contributed by atoms with Crippen LogP contribution in [0.1, 0.15) is 29.0 Å². The van der Waals surface area contributed by atoms with Gasteiger partial charge in [0.1, 0.15) is 6.04 Å². The van der Waals surface area contributed by atoms with Crippen LogP contribution in [0.2, 0.25) is 0 Å². The first-order valence-corrected chi connectivity index (χ1v) is 11.1. The van der Waals surface area contributed by atoms with Gasteiger partial charge >= 0.3 is 0 Å². The number of carbonyl (C=O) groups excluding carboxylic acids is 2. The molecule has 32 heavy (non-hydrogen) atoms. The zero-order valence-corrected chi connectivity index (χ0v) is 18.7. The van der Waals surface area contributed by atoms with Crippen molar-refractivity contribution in [1.29, 1.82) is 0 Å². The molecule has 0 radical (unpaired) electrons. The van der Waals surface area contributed by atoms with Gasteiger partial charge in [-0.15, -0.1) is 11.3 Å². The van der Waals surface area contributed by atoms with E-state index in [-0.39, 0.29) is 11.8 Å². The smallest absolute Gasteiger partial charge is 0.251 e. The summed E-state index contributed by atoms with van der Waals surface area (Å²) < 4.78 is 2.04. The van der Waals surface area contributed by atoms with Crippen LogP contribution in [0.4, 0.5) is 5.69 Å². The fourth-order valence-corrected chi connectivity index (χ4v) is 4.12. The van der Waals surface area contributed by atoms with Crippen molar-refractivity contribution in [3.05, 3.63) is 82.2 Å². The number of thiophene rings is 1. The van der Waals surface area contributed by atoms with Crippen molar-refractivity contribution < 1.29 is 9.59 Å². The zero-order valence-electron chi connectivity index (χ0n) is 17.1. The van der Waals surface area contributed by atoms with Gasteiger partial charge in [0.25, 0.3) is 5.91 Å². The highest BCUT2D eigenvalue weighted by atomic mass is 32.1. The Hall–Kier alpha value is -3.63. The number of anilines is 1. The van der Waals surface area contributed by atoms with E-state index in [1.165, 1.54) is 11.3 Å². The second-order valence-electron chi connectivity index (χ2n) is 6.95. The van der Waals surface area contributed by atoms with E-state index in [1.807, 2.05) is 35.7 Å². The summed E-state index contributed by atoms with van der Waals surface area (Å²) in [6.45, 7) is 2.07. The minimum absolute atomic E-state index is 0.253. The predicted octanol–water partition coefficient (Wildman–Crippen LogP) is 4.19. The van der Waals surface area contributed by atoms with Crippen molar-refractivity contribution in [3.63, 3.8) is 0 Å². The Bertz CT molecular complexity index is 1280. The number of benzene rings is 1. The average Bonchev–Trinajstić information content (AvgIpc) is 3.47. The minimum atomic E-state index is -0.611. The first kappa shape index (κ1) is 21.6. The van der Waals surface area contributed by atoms with Crippen LogP contribution in [-0.4, -0.2) is 31.6 Å². The topological polar surface area (TPSA) is 105 Å². The third-order valence-electron chi connectivity index (χ3n) is 4.76. The van der Waals surface area contributed by atoms with E-state index in [9.17, 15) is 9.59 Å². The number of aromatic amines is 1. The highest BCUT2D eigenvalue weighted by molar-refractivity contribution is 7.71. The molecule has 10 heteroatoms. The fraction of sp³-hybridized carbons (Fsp3) is 0.136. The molecule has 0 aliphatic rings. The standard InChI is InChI=1S/C22H20N6O2S2/c1-14(28-19(26-27-22(28)31)18-9-5-11-32-18)20(29)25-16-8-4-6-15(12-16)21(30)24-13-17-7-2-3-10-23-17/h2-12,14H,13H2,1H3,(H,24,30)(H,25,29)(H,27,31). The van der Waals surface area contributed by atoms with Gasteiger partial charge in [0.05, 0.1) is 17.1 Å². The van der Waals surface area contributed by atoms with Crippen LogP contribution in [0.3, 0.4) is 0 Å². The van der Waals surface area contributed by atoms with Gasteiger partial charge in [-0.05, 0) is 60.9 Å². The molecule has 0 fully saturated rings. The maximum atomic E-state index is 13.0. The molecule has 3 aromatic heterocycles. The molecule has 0 saturated carbocycles. The van der Waals surface area contributed by atoms with E-state index in [0.717, 1.165) is 10.6 Å². The molecule has 3 heterocycles. The summed E-state index contributed by atoms with van der Waals surface area (Å²) in [6, 6.07) is 15.5. The van der Waals surface area contributed by atoms with E-state index < -0.39 is 6.04 Å². The van der Waals surface area contributed by atoms with Gasteiger partial charge in [-0.3, -0.25) is 24.2 Å². The highest BCUT2D eigenvalue weighted by Gasteiger charge is 2.21. The summed E-state index contributed by atoms with van der Waals surface area (Å²) in [7, 11) is 0. The molecule has 4 rings (SSSR count). The molecular formula is C22H20N6O2S2. The number of nitrogens with zero attached hydrogens (tertiary/aromatic N) is 3. The molecule has 0 saturated heterocycles. The van der Waals surface area contributed by atoms with E-state index >= 15 is 0 Å². The molecule has 8 nitrogen and oxygen atoms in total. The Morgan fingerprint density at radius 3 is 2.81 bits per heavy atom. The van der Waals surface area contributed by atoms with Gasteiger partial charge in [-0.2, -0.15) is 5.10 Å². The zero-order chi connectivity index (χ0) is 22.5. The van der Waals surface area contributed by atoms with Gasteiger partial charge in [0.15, 0.2) is 10.6 Å². The minimum Gasteiger partial charge on any atom is -0.346 e. The fourth-order valence-electron chi connectivity index (χ4n) is 3.12. The SMILES string of the molecule is CC(C(=O)Nc1cccc(C(=O)NCc2ccccn2)c1)n1c(-c2cccs2)n[nH]c1=S. The van der Waals surface area contributed by atoms with Crippen LogP contribution in [0.5, 0.6) is 0 Å². The van der Waals surface area contributed by atoms with Crippen LogP contribution in [0.25, 0.3) is 10.7 Å². The van der Waals surface area contributed by atoms with Gasteiger partial charge in [-0.1, -0.05) is 18.2 Å². The van der Waals surface area contributed by atoms with E-state index in [0.29, 0.717) is 28.4 Å². The van der Waals surface area contributed by atoms with Gasteiger partial charge in [0, 0.05) is 17.4 Å². The monoisotopic (exact) mass is 464 g/mol. The number of carbonyl (C=O) groups is 2. The number of rotatable bonds is 7. The quantitative estimate of drug-likeness (QED) is 0.356. The molecule has 4 aromatic rings. The summed E-state index contributed by atoms with van der Waals surface area (Å²) >= 11 is 6.86. The summed E-state index contributed by atoms with van der Waals surface area (Å²) in [6.07, 6.45) is 1.68. The van der Waals surface area contributed by atoms with Crippen LogP contribution >= 0.6 is 23.6 Å². The van der Waals surface area contributed by atoms with Crippen molar-refractivity contribution in [1.82, 2.24) is 25.1 Å². The number of hydrogen-bond donors (Lipinski definition) is 3. The highest BCUT2D eigenvalue weighted by Crippen LogP contribution is 2.26. The molecule has 1 aromatic carbocycles. The lowest BCUT2D eigenvalue weighted by atomic mass is 10.1. The third kappa shape index (κ3) is 4.82. The van der Waals surface area contributed by atoms with Crippen molar-refractivity contribution in [2.24, 2.45) is 0 Å². The summed E-state index contributed by atoms with van der Waals surface area (Å²) in [4.78, 5) is 30.6. The Morgan fingerprint density at radius 1 is 1.19 bits per heavy atom. The van der Waals surface area contributed by atoms with Gasteiger partial charge in [0.2, 0.25) is 5.91 Å². The Labute approximate surface area is 193 Å². The molecule has 162 valence electrons. The lowest BCUT2D eigenvalue weighted by molar-refractivity contribution is -0.118. The molecule has 0 spiro atoms. The predicted molar refractivity (Wildman–Crippen MR) is 126 cm³/mol. The van der Waals surface area contributed by atoms with Crippen molar-refractivity contribution >= 4 is 41.1 Å². The molecule has 1 atom stereocenters. The molecule has 2 amide bonds. The number of H-pyrrole nitrogens is 1. The van der Waals surface area contributed by atoms with Gasteiger partial charge in [-0.25, -0.2) is 0 Å². The van der Waals surface area contributed by atoms with Gasteiger partial charge < -0.3 is 10.6 Å². The summed E-state index contributed by atoms with van der Waals surface area (Å²) in [5.41, 5.74) is 1.71. The average molecular weight is 465 g/mol. The summed E-state index contributed by atoms with van der Waals surface area (Å²) in [5.74, 6) is 0.0819. The van der Waals surface area contributed by atoms with Crippen LogP contribution in [0.15, 0.2) is 66.2 Å². The van der Waals surface area contributed by atoms with Crippen LogP contribution in [0, 0.1) is 4.77 Å². The van der Waals surface area contributed by atoms with Crippen LogP contribution in [-0.2, 0) is 11.3 Å². The molecule has 0 aliphatic heterocycles. The van der Waals surface area contributed by atoms with Crippen molar-refractivity contribution in [2.45, 2.75) is 19.5 Å². The molecular weight excluding hydrogens is 444 g/mol. The number of amides is 2. The number of aromatic nitrogens is 4. The maximum absolute atomic E-state index is 13.0. The Balaban J connectivity index is 1.46. The van der Waals surface area contributed by atoms with Crippen molar-refractivity contribution in [2.75, 3.05) is 5.32 Å². The van der Waals surface area contributed by atoms with E-state index in [2.05, 4.69) is 25.8 Å². The second kappa shape index (κ2) is 9.67. The second-order valence-corrected chi connectivity index (χ2v) is 8.28. The first-order valence-electron chi connectivity index (χ1n) is 9.83. The Morgan fingerprint density at radius 2 is 2.06 bits per heavy atom. The number of nitrogens with one attached hydrogen (secondary N) is 3. The molecule has 3 N–H and O–H groups in total. The molecule has 1 unspecified atom stereocenters. The largest absolute Gasteiger partial charge is 0.346 e. The number of hydrogen-bond acceptors (Lipinski definition) is 6. The van der Waals surface area contributed by atoms with Crippen LogP contribution < -0.4 is 10.6 Å². The van der Waals surface area contributed by atoms with E-state index in [4.69, 9.17) is 12.2 Å². The Kier molecular flexibility index (Phi) is 6.52. The molecule has 0 aliphatic carbocycles. The molecule has 0 bridgehead atoms. The number of pyridine rings is 1. The third-order valence-corrected chi connectivity index (χ3v) is 5.92. The lowest BCUT2D eigenvalue weighted by Crippen LogP contribution is -2.25. The normalized spacial score (nSPS) is 11.7. The lowest BCUT2D eigenvalue weighted by Gasteiger charge is -2.15. The van der Waals surface area contributed by atoms with Crippen molar-refractivity contribution in [3.8, 4) is 10.7 Å². The maximum Gasteiger partial charge on any atom is 0.251 e. The summed E-state index contributed by atoms with van der Waals surface area (Å²) in [5, 5.41) is 14.7.